The predicted molar refractivity (Wildman–Crippen MR) is 81.7 cm³/mol. The first-order valence-corrected chi connectivity index (χ1v) is 7.46. The Kier molecular flexibility index (Phi) is 5.44. The van der Waals surface area contributed by atoms with Crippen molar-refractivity contribution in [2.45, 2.75) is 32.4 Å². The normalized spacial score (nSPS) is 18.1. The molecular formula is C16H24N2O3. The number of likely N-dealkylation sites (N-methyl/N-ethyl adjacent to an activating group) is 1. The molecule has 0 radical (unpaired) electrons. The molecule has 2 unspecified atom stereocenters. The number of amides is 1. The number of benzene rings is 1. The van der Waals surface area contributed by atoms with Gasteiger partial charge in [-0.15, -0.1) is 0 Å². The van der Waals surface area contributed by atoms with E-state index in [1.54, 1.807) is 4.90 Å². The van der Waals surface area contributed by atoms with Gasteiger partial charge < -0.3 is 19.7 Å². The Hall–Kier alpha value is -1.75. The number of nitrogens with one attached hydrogen (secondary N) is 1. The van der Waals surface area contributed by atoms with Crippen molar-refractivity contribution in [2.24, 2.45) is 0 Å². The molecule has 5 heteroatoms. The zero-order chi connectivity index (χ0) is 15.2. The summed E-state index contributed by atoms with van der Waals surface area (Å²) in [6.45, 7) is 5.93. The average molecular weight is 292 g/mol. The minimum atomic E-state index is -0.122. The van der Waals surface area contributed by atoms with E-state index in [1.165, 1.54) is 0 Å². The predicted octanol–water partition coefficient (Wildman–Crippen LogP) is 1.67. The number of rotatable bonds is 6. The fraction of sp³-hybridized carbons (Fsp3) is 0.562. The number of fused-ring (bicyclic) bond motifs is 1. The lowest BCUT2D eigenvalue weighted by Gasteiger charge is -2.30. The molecule has 5 nitrogen and oxygen atoms in total. The zero-order valence-electron chi connectivity index (χ0n) is 13.0. The van der Waals surface area contributed by atoms with Gasteiger partial charge in [0.1, 0.15) is 6.61 Å². The molecule has 0 saturated heterocycles. The van der Waals surface area contributed by atoms with Crippen LogP contribution in [0.15, 0.2) is 24.3 Å². The largest absolute Gasteiger partial charge is 0.486 e. The molecule has 21 heavy (non-hydrogen) atoms. The summed E-state index contributed by atoms with van der Waals surface area (Å²) in [5.41, 5.74) is 0. The molecule has 0 saturated carbocycles. The van der Waals surface area contributed by atoms with E-state index >= 15 is 0 Å². The van der Waals surface area contributed by atoms with E-state index in [2.05, 4.69) is 5.32 Å². The van der Waals surface area contributed by atoms with Gasteiger partial charge in [0, 0.05) is 19.5 Å². The molecule has 2 rings (SSSR count). The highest BCUT2D eigenvalue weighted by Crippen LogP contribution is 2.30. The molecular weight excluding hydrogens is 268 g/mol. The fourth-order valence-electron chi connectivity index (χ4n) is 2.40. The number of carbonyl (C=O) groups is 1. The van der Waals surface area contributed by atoms with E-state index in [-0.39, 0.29) is 18.1 Å². The third kappa shape index (κ3) is 4.36. The van der Waals surface area contributed by atoms with Crippen molar-refractivity contribution in [1.29, 1.82) is 0 Å². The highest BCUT2D eigenvalue weighted by molar-refractivity contribution is 5.76. The molecule has 1 aliphatic heterocycles. The van der Waals surface area contributed by atoms with Gasteiger partial charge in [-0.2, -0.15) is 0 Å². The first-order chi connectivity index (χ1) is 10.1. The molecule has 0 bridgehead atoms. The van der Waals surface area contributed by atoms with Crippen LogP contribution in [-0.4, -0.2) is 49.7 Å². The van der Waals surface area contributed by atoms with E-state index in [1.807, 2.05) is 45.2 Å². The lowest BCUT2D eigenvalue weighted by molar-refractivity contribution is -0.131. The molecule has 1 aromatic rings. The summed E-state index contributed by atoms with van der Waals surface area (Å²) in [6.07, 6.45) is 0.373. The Labute approximate surface area is 126 Å². The van der Waals surface area contributed by atoms with Crippen molar-refractivity contribution >= 4 is 5.91 Å². The van der Waals surface area contributed by atoms with Crippen LogP contribution in [0.4, 0.5) is 0 Å². The van der Waals surface area contributed by atoms with Gasteiger partial charge in [0.05, 0.1) is 6.54 Å². The summed E-state index contributed by atoms with van der Waals surface area (Å²) in [5, 5.41) is 3.24. The monoisotopic (exact) mass is 292 g/mol. The Morgan fingerprint density at radius 3 is 2.86 bits per heavy atom. The Morgan fingerprint density at radius 1 is 1.43 bits per heavy atom. The van der Waals surface area contributed by atoms with Gasteiger partial charge in [0.25, 0.3) is 0 Å². The minimum absolute atomic E-state index is 0.117. The first kappa shape index (κ1) is 15.6. The van der Waals surface area contributed by atoms with E-state index in [0.29, 0.717) is 19.6 Å². The standard InChI is InChI=1S/C16H24N2O3/c1-4-17-12(2)9-16(19)18(3)10-13-11-20-14-7-5-6-8-15(14)21-13/h5-8,12-13,17H,4,9-11H2,1-3H3. The van der Waals surface area contributed by atoms with Gasteiger partial charge in [-0.05, 0) is 25.6 Å². The quantitative estimate of drug-likeness (QED) is 0.866. The highest BCUT2D eigenvalue weighted by Gasteiger charge is 2.24. The van der Waals surface area contributed by atoms with Crippen LogP contribution in [0.3, 0.4) is 0 Å². The molecule has 1 aliphatic rings. The van der Waals surface area contributed by atoms with Gasteiger partial charge in [0.15, 0.2) is 17.6 Å². The van der Waals surface area contributed by atoms with E-state index in [9.17, 15) is 4.79 Å². The van der Waals surface area contributed by atoms with Gasteiger partial charge in [0.2, 0.25) is 5.91 Å². The Morgan fingerprint density at radius 2 is 2.14 bits per heavy atom. The summed E-state index contributed by atoms with van der Waals surface area (Å²) in [6, 6.07) is 7.79. The SMILES string of the molecule is CCNC(C)CC(=O)N(C)CC1COc2ccccc2O1. The maximum absolute atomic E-state index is 12.1. The number of nitrogens with zero attached hydrogens (tertiary/aromatic N) is 1. The minimum Gasteiger partial charge on any atom is -0.486 e. The number of carbonyl (C=O) groups excluding carboxylic acids is 1. The Bertz CT molecular complexity index is 478. The molecule has 1 heterocycles. The molecule has 0 aromatic heterocycles. The molecule has 0 aliphatic carbocycles. The van der Waals surface area contributed by atoms with Gasteiger partial charge in [-0.1, -0.05) is 19.1 Å². The first-order valence-electron chi connectivity index (χ1n) is 7.46. The topological polar surface area (TPSA) is 50.8 Å². The fourth-order valence-corrected chi connectivity index (χ4v) is 2.40. The molecule has 0 fully saturated rings. The summed E-state index contributed by atoms with van der Waals surface area (Å²) in [7, 11) is 1.81. The number of para-hydroxylation sites is 2. The van der Waals surface area contributed by atoms with Crippen molar-refractivity contribution in [1.82, 2.24) is 10.2 Å². The third-order valence-electron chi connectivity index (χ3n) is 3.50. The second-order valence-electron chi connectivity index (χ2n) is 5.43. The molecule has 1 N–H and O–H groups in total. The Balaban J connectivity index is 1.83. The zero-order valence-corrected chi connectivity index (χ0v) is 13.0. The second kappa shape index (κ2) is 7.31. The van der Waals surface area contributed by atoms with Crippen molar-refractivity contribution in [3.05, 3.63) is 24.3 Å². The van der Waals surface area contributed by atoms with Crippen LogP contribution in [0.2, 0.25) is 0 Å². The van der Waals surface area contributed by atoms with Crippen LogP contribution in [0.25, 0.3) is 0 Å². The molecule has 0 spiro atoms. The number of hydrogen-bond acceptors (Lipinski definition) is 4. The lowest BCUT2D eigenvalue weighted by Crippen LogP contribution is -2.43. The van der Waals surface area contributed by atoms with E-state index in [4.69, 9.17) is 9.47 Å². The van der Waals surface area contributed by atoms with Crippen molar-refractivity contribution < 1.29 is 14.3 Å². The van der Waals surface area contributed by atoms with E-state index in [0.717, 1.165) is 18.0 Å². The van der Waals surface area contributed by atoms with Crippen LogP contribution in [0.1, 0.15) is 20.3 Å². The van der Waals surface area contributed by atoms with Crippen LogP contribution < -0.4 is 14.8 Å². The van der Waals surface area contributed by atoms with Crippen LogP contribution in [0, 0.1) is 0 Å². The van der Waals surface area contributed by atoms with Gasteiger partial charge in [-0.25, -0.2) is 0 Å². The van der Waals surface area contributed by atoms with Crippen molar-refractivity contribution in [3.63, 3.8) is 0 Å². The average Bonchev–Trinajstić information content (AvgIpc) is 2.47. The van der Waals surface area contributed by atoms with Gasteiger partial charge >= 0.3 is 0 Å². The summed E-state index contributed by atoms with van der Waals surface area (Å²) in [4.78, 5) is 13.9. The molecule has 1 amide bonds. The van der Waals surface area contributed by atoms with Crippen molar-refractivity contribution in [2.75, 3.05) is 26.7 Å². The maximum atomic E-state index is 12.1. The number of ether oxygens (including phenoxy) is 2. The summed E-state index contributed by atoms with van der Waals surface area (Å²) >= 11 is 0. The van der Waals surface area contributed by atoms with Crippen LogP contribution >= 0.6 is 0 Å². The summed E-state index contributed by atoms with van der Waals surface area (Å²) in [5.74, 6) is 1.63. The van der Waals surface area contributed by atoms with Crippen molar-refractivity contribution in [3.8, 4) is 11.5 Å². The molecule has 116 valence electrons. The van der Waals surface area contributed by atoms with Crippen LogP contribution in [0.5, 0.6) is 11.5 Å². The second-order valence-corrected chi connectivity index (χ2v) is 5.43. The number of hydrogen-bond donors (Lipinski definition) is 1. The third-order valence-corrected chi connectivity index (χ3v) is 3.50. The lowest BCUT2D eigenvalue weighted by atomic mass is 10.2. The van der Waals surface area contributed by atoms with Crippen LogP contribution in [-0.2, 0) is 4.79 Å². The van der Waals surface area contributed by atoms with Gasteiger partial charge in [-0.3, -0.25) is 4.79 Å². The molecule has 1 aromatic carbocycles. The molecule has 2 atom stereocenters. The maximum Gasteiger partial charge on any atom is 0.223 e. The smallest absolute Gasteiger partial charge is 0.223 e. The highest BCUT2D eigenvalue weighted by atomic mass is 16.6. The van der Waals surface area contributed by atoms with E-state index < -0.39 is 0 Å². The summed E-state index contributed by atoms with van der Waals surface area (Å²) < 4.78 is 11.5.